The van der Waals surface area contributed by atoms with Crippen molar-refractivity contribution in [1.82, 2.24) is 0 Å². The van der Waals surface area contributed by atoms with Gasteiger partial charge in [-0.3, -0.25) is 37.3 Å². The largest absolute Gasteiger partial charge is 0.472 e. The lowest BCUT2D eigenvalue weighted by atomic mass is 9.99. The average molecular weight is 1650 g/mol. The van der Waals surface area contributed by atoms with Crippen LogP contribution in [0.5, 0.6) is 0 Å². The fraction of sp³-hybridized carbons (Fsp3) is 0.957. The van der Waals surface area contributed by atoms with E-state index >= 15 is 0 Å². The van der Waals surface area contributed by atoms with Crippen molar-refractivity contribution in [2.24, 2.45) is 11.8 Å². The lowest BCUT2D eigenvalue weighted by Crippen LogP contribution is -2.30. The van der Waals surface area contributed by atoms with Crippen molar-refractivity contribution in [3.8, 4) is 0 Å². The molecule has 19 heteroatoms. The van der Waals surface area contributed by atoms with Gasteiger partial charge >= 0.3 is 39.5 Å². The van der Waals surface area contributed by atoms with Gasteiger partial charge in [-0.05, 0) is 37.5 Å². The highest BCUT2D eigenvalue weighted by Crippen LogP contribution is 2.45. The minimum atomic E-state index is -4.97. The summed E-state index contributed by atoms with van der Waals surface area (Å²) in [6.07, 6.45) is 80.7. The molecule has 0 saturated heterocycles. The number of hydrogen-bond acceptors (Lipinski definition) is 15. The number of unbranched alkanes of at least 4 members (excludes halogenated alkanes) is 62. The molecule has 113 heavy (non-hydrogen) atoms. The molecule has 0 bridgehead atoms. The second kappa shape index (κ2) is 85.1. The summed E-state index contributed by atoms with van der Waals surface area (Å²) in [5, 5.41) is 10.7. The van der Waals surface area contributed by atoms with E-state index in [9.17, 15) is 43.2 Å². The van der Waals surface area contributed by atoms with Gasteiger partial charge in [0.15, 0.2) is 12.2 Å². The Morgan fingerprint density at radius 1 is 0.257 bits per heavy atom. The lowest BCUT2D eigenvalue weighted by molar-refractivity contribution is -0.161. The first kappa shape index (κ1) is 111. The Balaban J connectivity index is 5.24. The van der Waals surface area contributed by atoms with Gasteiger partial charge in [0, 0.05) is 25.7 Å². The van der Waals surface area contributed by atoms with Crippen LogP contribution in [0.2, 0.25) is 0 Å². The van der Waals surface area contributed by atoms with Crippen molar-refractivity contribution in [3.63, 3.8) is 0 Å². The van der Waals surface area contributed by atoms with Crippen LogP contribution in [-0.2, 0) is 65.4 Å². The molecule has 0 radical (unpaired) electrons. The number of ether oxygens (including phenoxy) is 4. The number of aliphatic hydroxyl groups is 1. The third-order valence-corrected chi connectivity index (χ3v) is 24.5. The first-order chi connectivity index (χ1) is 54.9. The molecule has 0 amide bonds. The highest BCUT2D eigenvalue weighted by Gasteiger charge is 2.31. The Kier molecular flexibility index (Phi) is 83.6. The molecule has 0 rings (SSSR count). The zero-order valence-corrected chi connectivity index (χ0v) is 76.5. The van der Waals surface area contributed by atoms with E-state index in [1.54, 1.807) is 0 Å². The predicted octanol–water partition coefficient (Wildman–Crippen LogP) is 29.4. The summed E-state index contributed by atoms with van der Waals surface area (Å²) in [4.78, 5) is 73.5. The molecule has 0 saturated carbocycles. The number of aliphatic hydroxyl groups excluding tert-OH is 1. The zero-order chi connectivity index (χ0) is 82.7. The normalized spacial score (nSPS) is 13.9. The highest BCUT2D eigenvalue weighted by atomic mass is 31.2. The lowest BCUT2D eigenvalue weighted by Gasteiger charge is -2.21. The summed E-state index contributed by atoms with van der Waals surface area (Å²) in [6, 6.07) is 0. The molecule has 3 unspecified atom stereocenters. The monoisotopic (exact) mass is 1650 g/mol. The summed E-state index contributed by atoms with van der Waals surface area (Å²) in [7, 11) is -9.94. The molecule has 6 atom stereocenters. The number of phosphoric acid groups is 2. The number of carbonyl (C=O) groups is 4. The van der Waals surface area contributed by atoms with E-state index < -0.39 is 97.5 Å². The van der Waals surface area contributed by atoms with Gasteiger partial charge in [-0.25, -0.2) is 9.13 Å². The molecule has 0 spiro atoms. The second-order valence-corrected chi connectivity index (χ2v) is 37.4. The van der Waals surface area contributed by atoms with E-state index in [0.29, 0.717) is 25.7 Å². The molecule has 0 aromatic heterocycles. The minimum Gasteiger partial charge on any atom is -0.462 e. The summed E-state index contributed by atoms with van der Waals surface area (Å²) in [5.74, 6) is -0.492. The van der Waals surface area contributed by atoms with Gasteiger partial charge in [0.2, 0.25) is 0 Å². The van der Waals surface area contributed by atoms with E-state index in [1.807, 2.05) is 0 Å². The molecule has 0 aromatic carbocycles. The van der Waals surface area contributed by atoms with E-state index in [1.165, 1.54) is 327 Å². The van der Waals surface area contributed by atoms with Gasteiger partial charge in [-0.2, -0.15) is 0 Å². The first-order valence-electron chi connectivity index (χ1n) is 48.5. The number of carbonyl (C=O) groups excluding carboxylic acids is 4. The Morgan fingerprint density at radius 3 is 0.673 bits per heavy atom. The predicted molar refractivity (Wildman–Crippen MR) is 469 cm³/mol. The van der Waals surface area contributed by atoms with Gasteiger partial charge in [-0.15, -0.1) is 0 Å². The van der Waals surface area contributed by atoms with E-state index in [2.05, 4.69) is 41.5 Å². The van der Waals surface area contributed by atoms with E-state index in [0.717, 1.165) is 102 Å². The zero-order valence-electron chi connectivity index (χ0n) is 74.7. The van der Waals surface area contributed by atoms with Crippen LogP contribution >= 0.6 is 15.6 Å². The Labute approximate surface area is 696 Å². The van der Waals surface area contributed by atoms with Crippen LogP contribution in [0.1, 0.15) is 510 Å². The molecule has 3 N–H and O–H groups in total. The fourth-order valence-corrected chi connectivity index (χ4v) is 16.4. The van der Waals surface area contributed by atoms with Crippen LogP contribution in [0, 0.1) is 11.8 Å². The van der Waals surface area contributed by atoms with Gasteiger partial charge in [0.25, 0.3) is 0 Å². The van der Waals surface area contributed by atoms with Crippen LogP contribution in [0.4, 0.5) is 0 Å². The standard InChI is InChI=1S/C94H184O17P2/c1-7-10-12-14-16-18-20-22-24-26-28-29-30-31-37-41-45-49-53-61-67-73-78-93(98)110-89(82-104-91(96)76-70-64-58-51-47-43-39-36-33-32-34-38-42-46-50-56-62-68-74-86(4)5)84-108-112(100,101)106-80-88(95)81-107-113(102,103)109-85-90(83-105-92(97)77-71-65-59-55-54-57-63-69-75-87(6)9-3)111-94(99)79-72-66-60-52-48-44-40-35-27-25-23-21-19-17-15-13-11-8-2/h86-90,95H,7-85H2,1-6H3,(H,100,101)(H,102,103)/t87?,88-,89-,90-/m1/s1. The topological polar surface area (TPSA) is 237 Å². The molecule has 672 valence electrons. The Morgan fingerprint density at radius 2 is 0.451 bits per heavy atom. The van der Waals surface area contributed by atoms with Crippen LogP contribution in [0.3, 0.4) is 0 Å². The maximum Gasteiger partial charge on any atom is 0.472 e. The Bertz CT molecular complexity index is 2150. The highest BCUT2D eigenvalue weighted by molar-refractivity contribution is 7.47. The molecule has 0 fully saturated rings. The van der Waals surface area contributed by atoms with Gasteiger partial charge in [0.05, 0.1) is 26.4 Å². The van der Waals surface area contributed by atoms with Crippen LogP contribution in [0.15, 0.2) is 0 Å². The fourth-order valence-electron chi connectivity index (χ4n) is 14.8. The molecule has 0 aromatic rings. The maximum absolute atomic E-state index is 13.2. The van der Waals surface area contributed by atoms with E-state index in [4.69, 9.17) is 37.0 Å². The molecule has 0 aliphatic heterocycles. The van der Waals surface area contributed by atoms with Crippen LogP contribution < -0.4 is 0 Å². The van der Waals surface area contributed by atoms with Crippen molar-refractivity contribution in [2.75, 3.05) is 39.6 Å². The molecule has 0 heterocycles. The third kappa shape index (κ3) is 86.3. The Hall–Kier alpha value is -1.94. The summed E-state index contributed by atoms with van der Waals surface area (Å²) >= 11 is 0. The van der Waals surface area contributed by atoms with Gasteiger partial charge in [-0.1, -0.05) is 459 Å². The SMILES string of the molecule is CCCCCCCCCCCCCCCCCCCCCCCCC(=O)O[C@H](COC(=O)CCCCCCCCCCCCCCCCCCCCC(C)C)COP(=O)(O)OC[C@@H](O)COP(=O)(O)OC[C@@H](COC(=O)CCCCCCCCCCC(C)CC)OC(=O)CCCCCCCCCCCCCCCCCCCC. The molecular formula is C94H184O17P2. The van der Waals surface area contributed by atoms with Crippen LogP contribution in [-0.4, -0.2) is 96.7 Å². The van der Waals surface area contributed by atoms with Crippen LogP contribution in [0.25, 0.3) is 0 Å². The minimum absolute atomic E-state index is 0.109. The van der Waals surface area contributed by atoms with Crippen molar-refractivity contribution in [3.05, 3.63) is 0 Å². The van der Waals surface area contributed by atoms with Gasteiger partial charge < -0.3 is 33.8 Å². The number of esters is 4. The third-order valence-electron chi connectivity index (χ3n) is 22.6. The summed E-state index contributed by atoms with van der Waals surface area (Å²) in [5.41, 5.74) is 0. The van der Waals surface area contributed by atoms with Crippen molar-refractivity contribution < 1.29 is 80.2 Å². The average Bonchev–Trinajstić information content (AvgIpc) is 0.897. The number of hydrogen-bond donors (Lipinski definition) is 3. The van der Waals surface area contributed by atoms with E-state index in [-0.39, 0.29) is 25.7 Å². The summed E-state index contributed by atoms with van der Waals surface area (Å²) < 4.78 is 69.2. The van der Waals surface area contributed by atoms with Crippen molar-refractivity contribution in [2.45, 2.75) is 529 Å². The molecular weight excluding hydrogens is 1460 g/mol. The number of phosphoric ester groups is 2. The summed E-state index contributed by atoms with van der Waals surface area (Å²) in [6.45, 7) is 9.76. The first-order valence-corrected chi connectivity index (χ1v) is 51.5. The number of rotatable bonds is 93. The van der Waals surface area contributed by atoms with Gasteiger partial charge in [0.1, 0.15) is 19.3 Å². The second-order valence-electron chi connectivity index (χ2n) is 34.5. The molecule has 17 nitrogen and oxygen atoms in total. The van der Waals surface area contributed by atoms with Crippen molar-refractivity contribution >= 4 is 39.5 Å². The maximum atomic E-state index is 13.2. The quantitative estimate of drug-likeness (QED) is 0.0222. The molecule has 0 aliphatic carbocycles. The molecule has 0 aliphatic rings. The smallest absolute Gasteiger partial charge is 0.462 e. The van der Waals surface area contributed by atoms with Crippen molar-refractivity contribution in [1.29, 1.82) is 0 Å².